The molecule has 4 heterocycles. The van der Waals surface area contributed by atoms with Crippen LogP contribution in [0.4, 0.5) is 0 Å². The molecule has 4 aromatic heterocycles. The maximum Gasteiger partial charge on any atom is 0.254 e. The number of hydrogen-bond acceptors (Lipinski definition) is 8. The minimum atomic E-state index is 0.653. The number of nitrogens with zero attached hydrogens (tertiary/aromatic N) is 6. The molecular formula is C28H38N6O2S2+2. The highest BCUT2D eigenvalue weighted by molar-refractivity contribution is 6.99. The molecule has 0 fully saturated rings. The van der Waals surface area contributed by atoms with Gasteiger partial charge in [-0.15, -0.1) is 8.75 Å². The van der Waals surface area contributed by atoms with E-state index in [4.69, 9.17) is 9.47 Å². The second-order valence-corrected chi connectivity index (χ2v) is 10.6. The van der Waals surface area contributed by atoms with Crippen LogP contribution in [0.3, 0.4) is 0 Å². The molecule has 8 nitrogen and oxygen atoms in total. The Morgan fingerprint density at radius 3 is 1.37 bits per heavy atom. The maximum atomic E-state index is 5.93. The van der Waals surface area contributed by atoms with E-state index < -0.39 is 0 Å². The minimum absolute atomic E-state index is 0.653. The first kappa shape index (κ1) is 28.0. The van der Waals surface area contributed by atoms with E-state index in [1.807, 2.05) is 72.3 Å². The van der Waals surface area contributed by atoms with Crippen LogP contribution < -0.4 is 18.6 Å². The van der Waals surface area contributed by atoms with Gasteiger partial charge < -0.3 is 9.47 Å². The first-order chi connectivity index (χ1) is 18.7. The molecule has 0 spiro atoms. The number of unbranched alkanes of at least 4 members (excludes halogenated alkanes) is 9. The summed E-state index contributed by atoms with van der Waals surface area (Å²) in [4.78, 5) is 0. The first-order valence-electron chi connectivity index (χ1n) is 13.5. The van der Waals surface area contributed by atoms with Crippen molar-refractivity contribution in [3.8, 4) is 34.3 Å². The molecule has 0 N–H and O–H groups in total. The average Bonchev–Trinajstić information content (AvgIpc) is 3.58. The largest absolute Gasteiger partial charge is 0.475 e. The molecule has 0 saturated carbocycles. The van der Waals surface area contributed by atoms with Crippen LogP contribution >= 0.6 is 23.5 Å². The van der Waals surface area contributed by atoms with Crippen LogP contribution in [0.5, 0.6) is 11.8 Å². The molecule has 0 aliphatic heterocycles. The average molecular weight is 555 g/mol. The molecule has 0 radical (unpaired) electrons. The fourth-order valence-electron chi connectivity index (χ4n) is 4.31. The highest BCUT2D eigenvalue weighted by Crippen LogP contribution is 2.28. The van der Waals surface area contributed by atoms with Gasteiger partial charge >= 0.3 is 0 Å². The number of ether oxygens (including phenoxy) is 2. The van der Waals surface area contributed by atoms with Crippen molar-refractivity contribution < 1.29 is 18.6 Å². The van der Waals surface area contributed by atoms with Gasteiger partial charge in [0.1, 0.15) is 14.1 Å². The van der Waals surface area contributed by atoms with Gasteiger partial charge in [0.25, 0.3) is 11.8 Å². The van der Waals surface area contributed by atoms with Crippen molar-refractivity contribution in [1.82, 2.24) is 17.5 Å². The molecule has 10 heteroatoms. The second-order valence-electron chi connectivity index (χ2n) is 9.58. The monoisotopic (exact) mass is 554 g/mol. The summed E-state index contributed by atoms with van der Waals surface area (Å²) in [5, 5.41) is 0. The van der Waals surface area contributed by atoms with E-state index in [1.165, 1.54) is 74.8 Å². The Bertz CT molecular complexity index is 1150. The van der Waals surface area contributed by atoms with Crippen molar-refractivity contribution in [2.75, 3.05) is 13.2 Å². The summed E-state index contributed by atoms with van der Waals surface area (Å²) in [5.74, 6) is 1.31. The van der Waals surface area contributed by atoms with Gasteiger partial charge in [-0.1, -0.05) is 51.4 Å². The zero-order valence-electron chi connectivity index (χ0n) is 22.4. The lowest BCUT2D eigenvalue weighted by atomic mass is 10.1. The molecule has 0 aliphatic carbocycles. The number of hydrogen-bond donors (Lipinski definition) is 0. The van der Waals surface area contributed by atoms with Crippen molar-refractivity contribution in [2.24, 2.45) is 14.1 Å². The van der Waals surface area contributed by atoms with Gasteiger partial charge in [-0.3, -0.25) is 0 Å². The Morgan fingerprint density at radius 2 is 0.974 bits per heavy atom. The molecule has 0 unspecified atom stereocenters. The van der Waals surface area contributed by atoms with E-state index >= 15 is 0 Å². The van der Waals surface area contributed by atoms with Gasteiger partial charge in [-0.2, -0.15) is 8.75 Å². The summed E-state index contributed by atoms with van der Waals surface area (Å²) in [7, 11) is 4.01. The normalized spacial score (nSPS) is 11.1. The minimum Gasteiger partial charge on any atom is -0.475 e. The van der Waals surface area contributed by atoms with Crippen LogP contribution in [-0.2, 0) is 14.1 Å². The lowest BCUT2D eigenvalue weighted by molar-refractivity contribution is -0.671. The molecule has 0 bridgehead atoms. The van der Waals surface area contributed by atoms with Crippen LogP contribution in [0, 0.1) is 0 Å². The van der Waals surface area contributed by atoms with Gasteiger partial charge in [0.2, 0.25) is 0 Å². The van der Waals surface area contributed by atoms with Crippen molar-refractivity contribution in [2.45, 2.75) is 64.2 Å². The zero-order valence-corrected chi connectivity index (χ0v) is 24.1. The highest BCUT2D eigenvalue weighted by Gasteiger charge is 2.15. The second kappa shape index (κ2) is 15.4. The van der Waals surface area contributed by atoms with E-state index in [0.29, 0.717) is 25.0 Å². The molecule has 4 aromatic rings. The van der Waals surface area contributed by atoms with E-state index in [2.05, 4.69) is 17.5 Å². The number of pyridine rings is 2. The Hall–Kier alpha value is -2.98. The third-order valence-electron chi connectivity index (χ3n) is 6.36. The summed E-state index contributed by atoms with van der Waals surface area (Å²) in [6, 6.07) is 8.10. The van der Waals surface area contributed by atoms with Crippen LogP contribution in [0.2, 0.25) is 0 Å². The highest BCUT2D eigenvalue weighted by atomic mass is 32.1. The van der Waals surface area contributed by atoms with E-state index in [9.17, 15) is 0 Å². The van der Waals surface area contributed by atoms with Crippen LogP contribution in [0.15, 0.2) is 49.1 Å². The molecule has 0 atom stereocenters. The molecule has 0 aromatic carbocycles. The van der Waals surface area contributed by atoms with Crippen LogP contribution in [0.25, 0.3) is 22.5 Å². The van der Waals surface area contributed by atoms with Gasteiger partial charge in [0.15, 0.2) is 36.2 Å². The maximum absolute atomic E-state index is 5.93. The molecule has 4 rings (SSSR count). The van der Waals surface area contributed by atoms with Gasteiger partial charge in [-0.25, -0.2) is 9.13 Å². The molecule has 0 saturated heterocycles. The molecule has 38 heavy (non-hydrogen) atoms. The first-order valence-corrected chi connectivity index (χ1v) is 15.0. The SMILES string of the molecule is C[n+]1cccc(-c2nsnc2OCCCCCCCCCCCCOc2nsnc2-c2ccc[n+](C)c2)c1. The summed E-state index contributed by atoms with van der Waals surface area (Å²) in [6.07, 6.45) is 20.3. The number of aromatic nitrogens is 6. The standard InChI is InChI=1S/C28H38N6O2S2/c1-33-17-13-15-23(21-33)25-27(31-37-29-25)35-19-11-9-7-5-3-4-6-8-10-12-20-36-28-26(30-38-32-28)24-16-14-18-34(2)22-24/h13-18,21-22H,3-12,19-20H2,1-2H3/q+2. The third-order valence-corrected chi connectivity index (χ3v) is 7.38. The predicted octanol–water partition coefficient (Wildman–Crippen LogP) is 5.73. The quantitative estimate of drug-likeness (QED) is 0.123. The molecule has 0 amide bonds. The predicted molar refractivity (Wildman–Crippen MR) is 150 cm³/mol. The lowest BCUT2D eigenvalue weighted by Crippen LogP contribution is -2.26. The Labute approximate surface area is 234 Å². The van der Waals surface area contributed by atoms with E-state index in [1.54, 1.807) is 0 Å². The zero-order chi connectivity index (χ0) is 26.4. The van der Waals surface area contributed by atoms with Crippen molar-refractivity contribution in [3.63, 3.8) is 0 Å². The Kier molecular flexibility index (Phi) is 11.4. The molecule has 202 valence electrons. The van der Waals surface area contributed by atoms with Crippen LogP contribution in [0.1, 0.15) is 64.2 Å². The van der Waals surface area contributed by atoms with Crippen LogP contribution in [-0.4, -0.2) is 30.7 Å². The van der Waals surface area contributed by atoms with Crippen molar-refractivity contribution in [1.29, 1.82) is 0 Å². The van der Waals surface area contributed by atoms with Crippen molar-refractivity contribution >= 4 is 23.5 Å². The van der Waals surface area contributed by atoms with E-state index in [-0.39, 0.29) is 0 Å². The summed E-state index contributed by atoms with van der Waals surface area (Å²) < 4.78 is 33.4. The smallest absolute Gasteiger partial charge is 0.254 e. The molecular weight excluding hydrogens is 516 g/mol. The van der Waals surface area contributed by atoms with Gasteiger partial charge in [0, 0.05) is 12.1 Å². The Balaban J connectivity index is 0.979. The summed E-state index contributed by atoms with van der Waals surface area (Å²) in [5.41, 5.74) is 3.75. The van der Waals surface area contributed by atoms with E-state index in [0.717, 1.165) is 35.4 Å². The summed E-state index contributed by atoms with van der Waals surface area (Å²) in [6.45, 7) is 1.39. The summed E-state index contributed by atoms with van der Waals surface area (Å²) >= 11 is 2.41. The Morgan fingerprint density at radius 1 is 0.579 bits per heavy atom. The third kappa shape index (κ3) is 8.80. The fraction of sp³-hybridized carbons (Fsp3) is 0.500. The fourth-order valence-corrected chi connectivity index (χ4v) is 5.35. The number of rotatable bonds is 17. The lowest BCUT2D eigenvalue weighted by Gasteiger charge is -2.06. The number of aryl methyl sites for hydroxylation is 2. The van der Waals surface area contributed by atoms with Gasteiger partial charge in [0.05, 0.1) is 47.8 Å². The van der Waals surface area contributed by atoms with Crippen molar-refractivity contribution in [3.05, 3.63) is 49.1 Å². The topological polar surface area (TPSA) is 77.8 Å². The van der Waals surface area contributed by atoms with Gasteiger partial charge in [-0.05, 0) is 25.0 Å². The molecule has 0 aliphatic rings.